The Balaban J connectivity index is 1.62. The number of hydrogen-bond acceptors (Lipinski definition) is 9. The minimum atomic E-state index is 0.0171. The van der Waals surface area contributed by atoms with Gasteiger partial charge in [0.1, 0.15) is 0 Å². The molecule has 4 heterocycles. The van der Waals surface area contributed by atoms with Crippen molar-refractivity contribution in [2.24, 2.45) is 5.92 Å². The summed E-state index contributed by atoms with van der Waals surface area (Å²) in [5.74, 6) is 4.32. The van der Waals surface area contributed by atoms with E-state index in [2.05, 4.69) is 25.4 Å². The Morgan fingerprint density at radius 1 is 1.15 bits per heavy atom. The topological polar surface area (TPSA) is 100 Å². The maximum Gasteiger partial charge on any atom is 0.245 e. The van der Waals surface area contributed by atoms with Gasteiger partial charge in [-0.3, -0.25) is 4.79 Å². The molecule has 0 saturated carbocycles. The van der Waals surface area contributed by atoms with Gasteiger partial charge in [0.2, 0.25) is 17.2 Å². The smallest absolute Gasteiger partial charge is 0.245 e. The van der Waals surface area contributed by atoms with Gasteiger partial charge in [0, 0.05) is 51.2 Å². The molecule has 1 atom stereocenters. The number of aromatic nitrogens is 4. The fraction of sp³-hybridized carbons (Fsp3) is 0.688. The fourth-order valence-corrected chi connectivity index (χ4v) is 4.44. The molecule has 0 aliphatic carbocycles. The number of thioether (sulfide) groups is 1. The summed E-state index contributed by atoms with van der Waals surface area (Å²) in [5, 5.41) is 10.7. The van der Waals surface area contributed by atoms with Crippen LogP contribution in [0.25, 0.3) is 11.3 Å². The summed E-state index contributed by atoms with van der Waals surface area (Å²) in [4.78, 5) is 25.2. The summed E-state index contributed by atoms with van der Waals surface area (Å²) in [6, 6.07) is 0. The number of amides is 1. The first-order chi connectivity index (χ1) is 12.7. The molecule has 1 N–H and O–H groups in total. The molecular weight excluding hydrogens is 354 g/mol. The van der Waals surface area contributed by atoms with Crippen LogP contribution in [0.15, 0.2) is 4.63 Å². The first-order valence-corrected chi connectivity index (χ1v) is 10.2. The zero-order valence-electron chi connectivity index (χ0n) is 14.8. The molecule has 2 aromatic heterocycles. The summed E-state index contributed by atoms with van der Waals surface area (Å²) in [7, 11) is 0. The highest BCUT2D eigenvalue weighted by atomic mass is 32.2. The van der Waals surface area contributed by atoms with Crippen LogP contribution in [0, 0.1) is 5.92 Å². The van der Waals surface area contributed by atoms with Gasteiger partial charge in [-0.25, -0.2) is 14.6 Å². The SMILES string of the molecule is CC(=O)NCC1CCCN(c2nc3nonc3nc2N2CCSCC2)C1. The second-order valence-electron chi connectivity index (χ2n) is 6.77. The third kappa shape index (κ3) is 3.69. The van der Waals surface area contributed by atoms with E-state index in [1.165, 1.54) is 0 Å². The van der Waals surface area contributed by atoms with E-state index in [4.69, 9.17) is 14.6 Å². The molecule has 1 unspecified atom stereocenters. The van der Waals surface area contributed by atoms with E-state index < -0.39 is 0 Å². The van der Waals surface area contributed by atoms with Crippen molar-refractivity contribution >= 4 is 40.6 Å². The molecule has 2 fully saturated rings. The molecule has 26 heavy (non-hydrogen) atoms. The van der Waals surface area contributed by atoms with Gasteiger partial charge in [-0.2, -0.15) is 11.8 Å². The predicted molar refractivity (Wildman–Crippen MR) is 101 cm³/mol. The Morgan fingerprint density at radius 3 is 2.54 bits per heavy atom. The van der Waals surface area contributed by atoms with Crippen molar-refractivity contribution in [2.45, 2.75) is 19.8 Å². The number of rotatable bonds is 4. The monoisotopic (exact) mass is 377 g/mol. The molecule has 2 aromatic rings. The molecule has 9 nitrogen and oxygen atoms in total. The van der Waals surface area contributed by atoms with Crippen LogP contribution in [0.2, 0.25) is 0 Å². The Morgan fingerprint density at radius 2 is 1.85 bits per heavy atom. The molecule has 10 heteroatoms. The van der Waals surface area contributed by atoms with Crippen LogP contribution in [0.5, 0.6) is 0 Å². The zero-order valence-corrected chi connectivity index (χ0v) is 15.7. The molecule has 0 spiro atoms. The minimum Gasteiger partial charge on any atom is -0.356 e. The molecule has 0 bridgehead atoms. The van der Waals surface area contributed by atoms with Gasteiger partial charge in [0.05, 0.1) is 0 Å². The van der Waals surface area contributed by atoms with E-state index in [-0.39, 0.29) is 5.91 Å². The van der Waals surface area contributed by atoms with E-state index in [0.717, 1.165) is 62.2 Å². The maximum absolute atomic E-state index is 11.2. The van der Waals surface area contributed by atoms with Crippen molar-refractivity contribution in [3.63, 3.8) is 0 Å². The second-order valence-corrected chi connectivity index (χ2v) is 8.00. The van der Waals surface area contributed by atoms with Crippen LogP contribution in [0.1, 0.15) is 19.8 Å². The van der Waals surface area contributed by atoms with Crippen molar-refractivity contribution < 1.29 is 9.42 Å². The second kappa shape index (κ2) is 7.65. The van der Waals surface area contributed by atoms with Gasteiger partial charge in [-0.15, -0.1) is 0 Å². The van der Waals surface area contributed by atoms with Gasteiger partial charge >= 0.3 is 0 Å². The lowest BCUT2D eigenvalue weighted by Crippen LogP contribution is -2.42. The first-order valence-electron chi connectivity index (χ1n) is 9.03. The van der Waals surface area contributed by atoms with Crippen LogP contribution in [0.4, 0.5) is 11.6 Å². The number of nitrogens with zero attached hydrogens (tertiary/aromatic N) is 6. The normalized spacial score (nSPS) is 21.2. The molecule has 4 rings (SSSR count). The van der Waals surface area contributed by atoms with E-state index >= 15 is 0 Å². The lowest BCUT2D eigenvalue weighted by atomic mass is 9.98. The summed E-state index contributed by atoms with van der Waals surface area (Å²) >= 11 is 1.96. The standard InChI is InChI=1S/C16H23N7O2S/c1-11(24)17-9-12-3-2-4-23(10-12)16-15(22-5-7-26-8-6-22)18-13-14(19-16)21-25-20-13/h12H,2-10H2,1H3,(H,17,24). The highest BCUT2D eigenvalue weighted by Gasteiger charge is 2.27. The average molecular weight is 377 g/mol. The van der Waals surface area contributed by atoms with Crippen LogP contribution < -0.4 is 15.1 Å². The molecule has 0 aromatic carbocycles. The van der Waals surface area contributed by atoms with Crippen molar-refractivity contribution in [1.29, 1.82) is 0 Å². The molecule has 2 aliphatic heterocycles. The number of carbonyl (C=O) groups excluding carboxylic acids is 1. The number of fused-ring (bicyclic) bond motifs is 1. The molecule has 2 aliphatic rings. The van der Waals surface area contributed by atoms with Gasteiger partial charge in [0.15, 0.2) is 11.6 Å². The lowest BCUT2D eigenvalue weighted by Gasteiger charge is -2.36. The number of carbonyl (C=O) groups is 1. The van der Waals surface area contributed by atoms with Gasteiger partial charge in [0.25, 0.3) is 0 Å². The van der Waals surface area contributed by atoms with Crippen molar-refractivity contribution in [1.82, 2.24) is 25.6 Å². The first kappa shape index (κ1) is 17.3. The van der Waals surface area contributed by atoms with Crippen molar-refractivity contribution in [3.05, 3.63) is 0 Å². The van der Waals surface area contributed by atoms with Crippen LogP contribution >= 0.6 is 11.8 Å². The lowest BCUT2D eigenvalue weighted by molar-refractivity contribution is -0.119. The summed E-state index contributed by atoms with van der Waals surface area (Å²) in [6.07, 6.45) is 2.17. The Kier molecular flexibility index (Phi) is 5.09. The predicted octanol–water partition coefficient (Wildman–Crippen LogP) is 0.918. The zero-order chi connectivity index (χ0) is 17.9. The largest absolute Gasteiger partial charge is 0.356 e. The average Bonchev–Trinajstić information content (AvgIpc) is 3.14. The number of piperidine rings is 1. The summed E-state index contributed by atoms with van der Waals surface area (Å²) in [5.41, 5.74) is 0.896. The van der Waals surface area contributed by atoms with E-state index in [0.29, 0.717) is 23.8 Å². The third-order valence-electron chi connectivity index (χ3n) is 4.85. The number of nitrogens with one attached hydrogen (secondary N) is 1. The Bertz CT molecular complexity index is 777. The molecule has 140 valence electrons. The van der Waals surface area contributed by atoms with Crippen molar-refractivity contribution in [3.8, 4) is 0 Å². The minimum absolute atomic E-state index is 0.0171. The molecule has 2 saturated heterocycles. The van der Waals surface area contributed by atoms with Gasteiger partial charge in [-0.1, -0.05) is 0 Å². The molecular formula is C16H23N7O2S. The van der Waals surface area contributed by atoms with E-state index in [1.807, 2.05) is 11.8 Å². The number of anilines is 2. The van der Waals surface area contributed by atoms with Crippen molar-refractivity contribution in [2.75, 3.05) is 54.0 Å². The highest BCUT2D eigenvalue weighted by Crippen LogP contribution is 2.31. The van der Waals surface area contributed by atoms with Gasteiger partial charge < -0.3 is 15.1 Å². The Labute approximate surface area is 155 Å². The quantitative estimate of drug-likeness (QED) is 0.833. The summed E-state index contributed by atoms with van der Waals surface area (Å²) < 4.78 is 4.82. The van der Waals surface area contributed by atoms with E-state index in [9.17, 15) is 4.79 Å². The summed E-state index contributed by atoms with van der Waals surface area (Å²) in [6.45, 7) is 5.93. The maximum atomic E-state index is 11.2. The molecule has 0 radical (unpaired) electrons. The third-order valence-corrected chi connectivity index (χ3v) is 5.79. The van der Waals surface area contributed by atoms with E-state index in [1.54, 1.807) is 6.92 Å². The van der Waals surface area contributed by atoms with Crippen LogP contribution in [-0.2, 0) is 4.79 Å². The van der Waals surface area contributed by atoms with Gasteiger partial charge in [-0.05, 0) is 29.1 Å². The fourth-order valence-electron chi connectivity index (χ4n) is 3.53. The molecule has 1 amide bonds. The van der Waals surface area contributed by atoms with Crippen LogP contribution in [0.3, 0.4) is 0 Å². The number of hydrogen-bond donors (Lipinski definition) is 1. The van der Waals surface area contributed by atoms with Crippen LogP contribution in [-0.4, -0.2) is 70.4 Å². The highest BCUT2D eigenvalue weighted by molar-refractivity contribution is 7.99. The Hall–Kier alpha value is -2.10.